The number of hydrogen-bond donors (Lipinski definition) is 1. The summed E-state index contributed by atoms with van der Waals surface area (Å²) in [5, 5.41) is 20.2. The molecule has 1 unspecified atom stereocenters. The highest BCUT2D eigenvalue weighted by molar-refractivity contribution is 7.99. The minimum Gasteiger partial charge on any atom is -0.497 e. The van der Waals surface area contributed by atoms with Crippen molar-refractivity contribution in [3.63, 3.8) is 0 Å². The Morgan fingerprint density at radius 3 is 2.42 bits per heavy atom. The summed E-state index contributed by atoms with van der Waals surface area (Å²) in [5.41, 5.74) is 2.71. The van der Waals surface area contributed by atoms with Gasteiger partial charge < -0.3 is 19.5 Å². The van der Waals surface area contributed by atoms with E-state index in [9.17, 15) is 14.0 Å². The Morgan fingerprint density at radius 2 is 1.73 bits per heavy atom. The predicted molar refractivity (Wildman–Crippen MR) is 181 cm³/mol. The third kappa shape index (κ3) is 7.04. The molecule has 0 radical (unpaired) electrons. The van der Waals surface area contributed by atoms with Gasteiger partial charge in [-0.25, -0.2) is 9.40 Å². The second-order valence-electron chi connectivity index (χ2n) is 10.5. The summed E-state index contributed by atoms with van der Waals surface area (Å²) in [5.74, 6) is 1.04. The number of nitrogens with one attached hydrogen (secondary N) is 1. The molecular weight excluding hydrogens is 656 g/mol. The first-order valence-corrected chi connectivity index (χ1v) is 16.7. The molecule has 0 saturated carbocycles. The fraction of sp³-hybridized carbons (Fsp3) is 0.206. The number of thiophene rings is 1. The average Bonchev–Trinajstić information content (AvgIpc) is 3.90. The average molecular weight is 687 g/mol. The molecule has 1 N–H and O–H groups in total. The number of methoxy groups -OCH3 is 3. The van der Waals surface area contributed by atoms with E-state index in [1.165, 1.54) is 43.1 Å². The quantitative estimate of drug-likeness (QED) is 0.161. The minimum absolute atomic E-state index is 0.00516. The summed E-state index contributed by atoms with van der Waals surface area (Å²) >= 11 is 2.75. The van der Waals surface area contributed by atoms with Crippen LogP contribution in [-0.4, -0.2) is 64.4 Å². The maximum Gasteiger partial charge on any atom is 0.253 e. The molecule has 3 heterocycles. The van der Waals surface area contributed by atoms with E-state index in [0.29, 0.717) is 40.2 Å². The zero-order valence-electron chi connectivity index (χ0n) is 26.3. The van der Waals surface area contributed by atoms with Crippen LogP contribution in [0.5, 0.6) is 17.2 Å². The molecule has 5 aromatic rings. The first-order valence-electron chi connectivity index (χ1n) is 14.8. The van der Waals surface area contributed by atoms with Crippen LogP contribution in [0.25, 0.3) is 5.69 Å². The van der Waals surface area contributed by atoms with Crippen molar-refractivity contribution in [1.82, 2.24) is 25.1 Å². The molecule has 0 spiro atoms. The van der Waals surface area contributed by atoms with Crippen LogP contribution in [0.4, 0.5) is 4.39 Å². The van der Waals surface area contributed by atoms with Crippen LogP contribution in [0.1, 0.15) is 39.1 Å². The number of carbonyl (C=O) groups excluding carboxylic acids is 2. The first kappa shape index (κ1) is 32.7. The molecule has 0 bridgehead atoms. The van der Waals surface area contributed by atoms with Crippen molar-refractivity contribution in [2.75, 3.05) is 27.1 Å². The van der Waals surface area contributed by atoms with Gasteiger partial charge in [-0.15, -0.1) is 21.5 Å². The van der Waals surface area contributed by atoms with E-state index in [1.54, 1.807) is 53.3 Å². The van der Waals surface area contributed by atoms with Gasteiger partial charge in [0.15, 0.2) is 22.5 Å². The van der Waals surface area contributed by atoms with Crippen LogP contribution in [0.2, 0.25) is 0 Å². The van der Waals surface area contributed by atoms with E-state index >= 15 is 0 Å². The zero-order valence-corrected chi connectivity index (χ0v) is 27.9. The largest absolute Gasteiger partial charge is 0.497 e. The molecule has 14 heteroatoms. The van der Waals surface area contributed by atoms with Crippen molar-refractivity contribution in [3.8, 4) is 22.9 Å². The van der Waals surface area contributed by atoms with Gasteiger partial charge in [0.05, 0.1) is 50.3 Å². The molecule has 3 aromatic carbocycles. The molecule has 2 amide bonds. The third-order valence-electron chi connectivity index (χ3n) is 7.63. The third-order valence-corrected chi connectivity index (χ3v) is 9.47. The lowest BCUT2D eigenvalue weighted by Gasteiger charge is -2.22. The van der Waals surface area contributed by atoms with Gasteiger partial charge in [0, 0.05) is 17.7 Å². The van der Waals surface area contributed by atoms with Crippen LogP contribution in [0, 0.1) is 5.82 Å². The van der Waals surface area contributed by atoms with E-state index in [2.05, 4.69) is 15.5 Å². The molecular formula is C34H31FN6O5S2. The van der Waals surface area contributed by atoms with Crippen molar-refractivity contribution in [1.29, 1.82) is 0 Å². The van der Waals surface area contributed by atoms with Crippen molar-refractivity contribution in [2.45, 2.75) is 24.2 Å². The SMILES string of the molecule is COc1ccc(C2CC(c3cccs3)=NN2C(=O)CSc2nnc(CNC(=O)c3ccc(OC)c(OC)c3)n2-c2ccc(F)cc2)cc1. The maximum atomic E-state index is 13.9. The number of ether oxygens (including phenoxy) is 3. The topological polar surface area (TPSA) is 120 Å². The number of halogens is 1. The van der Waals surface area contributed by atoms with Crippen LogP contribution < -0.4 is 19.5 Å². The molecule has 1 atom stereocenters. The second kappa shape index (κ2) is 14.7. The van der Waals surface area contributed by atoms with E-state index < -0.39 is 5.82 Å². The summed E-state index contributed by atoms with van der Waals surface area (Å²) in [6.07, 6.45) is 0.568. The van der Waals surface area contributed by atoms with Gasteiger partial charge in [-0.2, -0.15) is 5.10 Å². The summed E-state index contributed by atoms with van der Waals surface area (Å²) in [4.78, 5) is 27.9. The monoisotopic (exact) mass is 686 g/mol. The Labute approximate surface area is 284 Å². The normalized spacial score (nSPS) is 14.0. The summed E-state index contributed by atoms with van der Waals surface area (Å²) < 4.78 is 31.5. The molecule has 0 saturated heterocycles. The molecule has 6 rings (SSSR count). The Morgan fingerprint density at radius 1 is 0.958 bits per heavy atom. The fourth-order valence-electron chi connectivity index (χ4n) is 5.21. The van der Waals surface area contributed by atoms with Gasteiger partial charge in [-0.3, -0.25) is 14.2 Å². The van der Waals surface area contributed by atoms with Gasteiger partial charge in [-0.05, 0) is 71.6 Å². The molecule has 11 nitrogen and oxygen atoms in total. The zero-order chi connectivity index (χ0) is 33.6. The number of amides is 2. The standard InChI is InChI=1S/C34H31FN6O5S2/c1-44-25-13-6-21(7-14-25)27-18-26(30-5-4-16-47-30)39-41(27)32(42)20-48-34-38-37-31(40(34)24-11-9-23(35)10-12-24)19-36-33(43)22-8-15-28(45-2)29(17-22)46-3/h4-17,27H,18-20H2,1-3H3,(H,36,43). The highest BCUT2D eigenvalue weighted by atomic mass is 32.2. The van der Waals surface area contributed by atoms with Gasteiger partial charge >= 0.3 is 0 Å². The summed E-state index contributed by atoms with van der Waals surface area (Å²) in [6, 6.07) is 21.9. The molecule has 48 heavy (non-hydrogen) atoms. The van der Waals surface area contributed by atoms with E-state index in [1.807, 2.05) is 41.8 Å². The number of thioether (sulfide) groups is 1. The van der Waals surface area contributed by atoms with E-state index in [4.69, 9.17) is 19.3 Å². The lowest BCUT2D eigenvalue weighted by atomic mass is 10.0. The Balaban J connectivity index is 1.22. The molecule has 246 valence electrons. The van der Waals surface area contributed by atoms with Crippen molar-refractivity contribution < 1.29 is 28.2 Å². The number of nitrogens with zero attached hydrogens (tertiary/aromatic N) is 5. The maximum absolute atomic E-state index is 13.9. The molecule has 0 fully saturated rings. The Bertz CT molecular complexity index is 1930. The van der Waals surface area contributed by atoms with Crippen LogP contribution in [0.15, 0.2) is 94.5 Å². The lowest BCUT2D eigenvalue weighted by Crippen LogP contribution is -2.28. The smallest absolute Gasteiger partial charge is 0.253 e. The number of hydrazone groups is 1. The van der Waals surface area contributed by atoms with Crippen LogP contribution in [-0.2, 0) is 11.3 Å². The number of aromatic nitrogens is 3. The van der Waals surface area contributed by atoms with E-state index in [-0.39, 0.29) is 30.2 Å². The molecule has 1 aliphatic heterocycles. The highest BCUT2D eigenvalue weighted by Crippen LogP contribution is 2.35. The van der Waals surface area contributed by atoms with Crippen molar-refractivity contribution >= 4 is 40.6 Å². The summed E-state index contributed by atoms with van der Waals surface area (Å²) in [6.45, 7) is 0.00615. The number of carbonyl (C=O) groups is 2. The number of rotatable bonds is 12. The van der Waals surface area contributed by atoms with Gasteiger partial charge in [0.2, 0.25) is 0 Å². The van der Waals surface area contributed by atoms with Crippen LogP contribution >= 0.6 is 23.1 Å². The Hall–Kier alpha value is -5.21. The van der Waals surface area contributed by atoms with Crippen molar-refractivity contribution in [3.05, 3.63) is 112 Å². The second-order valence-corrected chi connectivity index (χ2v) is 12.4. The first-order chi connectivity index (χ1) is 23.4. The van der Waals surface area contributed by atoms with Gasteiger partial charge in [0.1, 0.15) is 11.6 Å². The fourth-order valence-corrected chi connectivity index (χ4v) is 6.75. The molecule has 2 aromatic heterocycles. The predicted octanol–water partition coefficient (Wildman–Crippen LogP) is 5.89. The van der Waals surface area contributed by atoms with E-state index in [0.717, 1.165) is 21.9 Å². The van der Waals surface area contributed by atoms with Crippen LogP contribution in [0.3, 0.4) is 0 Å². The van der Waals surface area contributed by atoms with Gasteiger partial charge in [-0.1, -0.05) is 30.0 Å². The lowest BCUT2D eigenvalue weighted by molar-refractivity contribution is -0.130. The number of benzene rings is 3. The molecule has 1 aliphatic rings. The minimum atomic E-state index is -0.405. The number of hydrogen-bond acceptors (Lipinski definition) is 10. The summed E-state index contributed by atoms with van der Waals surface area (Å²) in [7, 11) is 4.62. The highest BCUT2D eigenvalue weighted by Gasteiger charge is 2.34. The van der Waals surface area contributed by atoms with Gasteiger partial charge in [0.25, 0.3) is 11.8 Å². The molecule has 0 aliphatic carbocycles. The van der Waals surface area contributed by atoms with Crippen molar-refractivity contribution in [2.24, 2.45) is 5.10 Å². The Kier molecular flexibility index (Phi) is 10.0.